The van der Waals surface area contributed by atoms with E-state index in [-0.39, 0.29) is 11.3 Å². The SMILES string of the molecule is CCc1ccc(C(=O)O)cc1C(C)=O. The number of carbonyl (C=O) groups is 2. The Hall–Kier alpha value is -1.64. The Labute approximate surface area is 82.4 Å². The molecule has 3 nitrogen and oxygen atoms in total. The van der Waals surface area contributed by atoms with Crippen molar-refractivity contribution in [2.75, 3.05) is 0 Å². The first kappa shape index (κ1) is 10.4. The summed E-state index contributed by atoms with van der Waals surface area (Å²) in [5, 5.41) is 8.74. The highest BCUT2D eigenvalue weighted by Gasteiger charge is 2.10. The second-order valence-electron chi connectivity index (χ2n) is 3.09. The maximum Gasteiger partial charge on any atom is 0.335 e. The summed E-state index contributed by atoms with van der Waals surface area (Å²) in [5.41, 5.74) is 1.56. The van der Waals surface area contributed by atoms with Crippen LogP contribution in [0, 0.1) is 0 Å². The van der Waals surface area contributed by atoms with E-state index in [1.54, 1.807) is 6.07 Å². The molecule has 74 valence electrons. The van der Waals surface area contributed by atoms with Crippen molar-refractivity contribution in [2.45, 2.75) is 20.3 Å². The van der Waals surface area contributed by atoms with Crippen LogP contribution in [0.25, 0.3) is 0 Å². The molecule has 14 heavy (non-hydrogen) atoms. The normalized spacial score (nSPS) is 9.86. The summed E-state index contributed by atoms with van der Waals surface area (Å²) in [6, 6.07) is 4.65. The maximum atomic E-state index is 11.2. The van der Waals surface area contributed by atoms with Gasteiger partial charge in [0.25, 0.3) is 0 Å². The van der Waals surface area contributed by atoms with Gasteiger partial charge in [-0.15, -0.1) is 0 Å². The van der Waals surface area contributed by atoms with Crippen LogP contribution in [0.5, 0.6) is 0 Å². The van der Waals surface area contributed by atoms with Crippen molar-refractivity contribution in [1.29, 1.82) is 0 Å². The van der Waals surface area contributed by atoms with Crippen molar-refractivity contribution < 1.29 is 14.7 Å². The van der Waals surface area contributed by atoms with Crippen LogP contribution < -0.4 is 0 Å². The summed E-state index contributed by atoms with van der Waals surface area (Å²) >= 11 is 0. The van der Waals surface area contributed by atoms with Gasteiger partial charge in [0, 0.05) is 5.56 Å². The molecule has 0 heterocycles. The molecule has 0 aliphatic carbocycles. The first-order valence-electron chi connectivity index (χ1n) is 4.43. The molecule has 1 N–H and O–H groups in total. The zero-order chi connectivity index (χ0) is 10.7. The number of hydrogen-bond acceptors (Lipinski definition) is 2. The number of carboxylic acid groups (broad SMARTS) is 1. The second kappa shape index (κ2) is 4.05. The Kier molecular flexibility index (Phi) is 3.02. The lowest BCUT2D eigenvalue weighted by Gasteiger charge is -2.05. The lowest BCUT2D eigenvalue weighted by atomic mass is 9.99. The van der Waals surface area contributed by atoms with Crippen molar-refractivity contribution in [3.05, 3.63) is 34.9 Å². The van der Waals surface area contributed by atoms with Crippen LogP contribution in [0.2, 0.25) is 0 Å². The number of hydrogen-bond donors (Lipinski definition) is 1. The van der Waals surface area contributed by atoms with Crippen molar-refractivity contribution in [2.24, 2.45) is 0 Å². The largest absolute Gasteiger partial charge is 0.478 e. The number of carbonyl (C=O) groups excluding carboxylic acids is 1. The average molecular weight is 192 g/mol. The van der Waals surface area contributed by atoms with Gasteiger partial charge in [-0.25, -0.2) is 4.79 Å². The molecule has 0 aliphatic heterocycles. The van der Waals surface area contributed by atoms with E-state index in [1.165, 1.54) is 19.1 Å². The first-order chi connectivity index (χ1) is 6.56. The van der Waals surface area contributed by atoms with Crippen LogP contribution in [-0.2, 0) is 6.42 Å². The minimum Gasteiger partial charge on any atom is -0.478 e. The quantitative estimate of drug-likeness (QED) is 0.746. The number of Topliss-reactive ketones (excluding diaryl/α,β-unsaturated/α-hetero) is 1. The fourth-order valence-electron chi connectivity index (χ4n) is 1.35. The molecule has 0 unspecified atom stereocenters. The molecule has 0 radical (unpaired) electrons. The van der Waals surface area contributed by atoms with E-state index in [2.05, 4.69) is 0 Å². The number of benzene rings is 1. The molecule has 1 aromatic carbocycles. The van der Waals surface area contributed by atoms with Gasteiger partial charge in [0.05, 0.1) is 5.56 Å². The Bertz CT molecular complexity index is 380. The van der Waals surface area contributed by atoms with Crippen LogP contribution >= 0.6 is 0 Å². The van der Waals surface area contributed by atoms with Gasteiger partial charge in [-0.3, -0.25) is 4.79 Å². The van der Waals surface area contributed by atoms with Crippen LogP contribution in [0.3, 0.4) is 0 Å². The Morgan fingerprint density at radius 3 is 2.43 bits per heavy atom. The molecule has 1 aromatic rings. The molecular weight excluding hydrogens is 180 g/mol. The number of ketones is 1. The van der Waals surface area contributed by atoms with E-state index >= 15 is 0 Å². The van der Waals surface area contributed by atoms with Gasteiger partial charge in [-0.1, -0.05) is 13.0 Å². The predicted molar refractivity (Wildman–Crippen MR) is 52.8 cm³/mol. The van der Waals surface area contributed by atoms with E-state index in [0.29, 0.717) is 5.56 Å². The fraction of sp³-hybridized carbons (Fsp3) is 0.273. The average Bonchev–Trinajstić information content (AvgIpc) is 2.16. The van der Waals surface area contributed by atoms with Gasteiger partial charge < -0.3 is 5.11 Å². The van der Waals surface area contributed by atoms with E-state index in [4.69, 9.17) is 5.11 Å². The monoisotopic (exact) mass is 192 g/mol. The van der Waals surface area contributed by atoms with Crippen molar-refractivity contribution in [3.8, 4) is 0 Å². The van der Waals surface area contributed by atoms with Gasteiger partial charge in [0.1, 0.15) is 0 Å². The number of aryl methyl sites for hydroxylation is 1. The Morgan fingerprint density at radius 1 is 1.36 bits per heavy atom. The lowest BCUT2D eigenvalue weighted by Crippen LogP contribution is -2.03. The Balaban J connectivity index is 3.27. The van der Waals surface area contributed by atoms with Crippen molar-refractivity contribution in [1.82, 2.24) is 0 Å². The summed E-state index contributed by atoms with van der Waals surface area (Å²) in [6.07, 6.45) is 0.731. The molecule has 0 aromatic heterocycles. The highest BCUT2D eigenvalue weighted by atomic mass is 16.4. The lowest BCUT2D eigenvalue weighted by molar-refractivity contribution is 0.0697. The van der Waals surface area contributed by atoms with Crippen LogP contribution in [0.4, 0.5) is 0 Å². The number of aromatic carboxylic acids is 1. The Morgan fingerprint density at radius 2 is 2.00 bits per heavy atom. The standard InChI is InChI=1S/C11H12O3/c1-3-8-4-5-9(11(13)14)6-10(8)7(2)12/h4-6H,3H2,1-2H3,(H,13,14). The summed E-state index contributed by atoms with van der Waals surface area (Å²) < 4.78 is 0. The highest BCUT2D eigenvalue weighted by Crippen LogP contribution is 2.13. The maximum absolute atomic E-state index is 11.2. The molecule has 0 saturated heterocycles. The van der Waals surface area contributed by atoms with Gasteiger partial charge >= 0.3 is 5.97 Å². The molecule has 0 bridgehead atoms. The molecule has 0 amide bonds. The van der Waals surface area contributed by atoms with Crippen LogP contribution in [0.1, 0.15) is 40.1 Å². The molecular formula is C11H12O3. The van der Waals surface area contributed by atoms with E-state index < -0.39 is 5.97 Å². The topological polar surface area (TPSA) is 54.4 Å². The number of rotatable bonds is 3. The van der Waals surface area contributed by atoms with Crippen LogP contribution in [0.15, 0.2) is 18.2 Å². The summed E-state index contributed by atoms with van der Waals surface area (Å²) in [4.78, 5) is 21.9. The minimum absolute atomic E-state index is 0.0926. The summed E-state index contributed by atoms with van der Waals surface area (Å²) in [7, 11) is 0. The summed E-state index contributed by atoms with van der Waals surface area (Å²) in [5.74, 6) is -1.10. The smallest absolute Gasteiger partial charge is 0.335 e. The van der Waals surface area contributed by atoms with E-state index in [0.717, 1.165) is 12.0 Å². The zero-order valence-electron chi connectivity index (χ0n) is 8.20. The van der Waals surface area contributed by atoms with Gasteiger partial charge in [0.2, 0.25) is 0 Å². The molecule has 0 spiro atoms. The third kappa shape index (κ3) is 1.99. The molecule has 0 fully saturated rings. The van der Waals surface area contributed by atoms with Gasteiger partial charge in [-0.05, 0) is 31.0 Å². The molecule has 3 heteroatoms. The molecule has 1 rings (SSSR count). The minimum atomic E-state index is -1.00. The molecule has 0 atom stereocenters. The predicted octanol–water partition coefficient (Wildman–Crippen LogP) is 2.15. The van der Waals surface area contributed by atoms with E-state index in [9.17, 15) is 9.59 Å². The molecule has 0 aliphatic rings. The molecule has 0 saturated carbocycles. The number of carboxylic acids is 1. The van der Waals surface area contributed by atoms with Crippen molar-refractivity contribution >= 4 is 11.8 Å². The van der Waals surface area contributed by atoms with Gasteiger partial charge in [-0.2, -0.15) is 0 Å². The first-order valence-corrected chi connectivity index (χ1v) is 4.43. The van der Waals surface area contributed by atoms with Gasteiger partial charge in [0.15, 0.2) is 5.78 Å². The zero-order valence-corrected chi connectivity index (χ0v) is 8.20. The van der Waals surface area contributed by atoms with Crippen LogP contribution in [-0.4, -0.2) is 16.9 Å². The van der Waals surface area contributed by atoms with E-state index in [1.807, 2.05) is 6.92 Å². The third-order valence-corrected chi connectivity index (χ3v) is 2.12. The van der Waals surface area contributed by atoms with Crippen molar-refractivity contribution in [3.63, 3.8) is 0 Å². The highest BCUT2D eigenvalue weighted by molar-refractivity contribution is 5.98. The summed E-state index contributed by atoms with van der Waals surface area (Å²) in [6.45, 7) is 3.38. The third-order valence-electron chi connectivity index (χ3n) is 2.12. The second-order valence-corrected chi connectivity index (χ2v) is 3.09. The fourth-order valence-corrected chi connectivity index (χ4v) is 1.35.